The number of amides is 1. The van der Waals surface area contributed by atoms with E-state index >= 15 is 0 Å². The van der Waals surface area contributed by atoms with Gasteiger partial charge in [-0.05, 0) is 99.2 Å². The Morgan fingerprint density at radius 2 is 1.76 bits per heavy atom. The van der Waals surface area contributed by atoms with Crippen LogP contribution >= 0.6 is 0 Å². The third-order valence-corrected chi connectivity index (χ3v) is 10.1. The van der Waals surface area contributed by atoms with Crippen molar-refractivity contribution in [3.63, 3.8) is 0 Å². The van der Waals surface area contributed by atoms with E-state index in [1.54, 1.807) is 24.9 Å². The second kappa shape index (κ2) is 14.2. The number of anilines is 1. The molecular weight excluding hydrogens is 619 g/mol. The predicted molar refractivity (Wildman–Crippen MR) is 192 cm³/mol. The summed E-state index contributed by atoms with van der Waals surface area (Å²) in [7, 11) is 1.77. The number of aromatic nitrogens is 1. The summed E-state index contributed by atoms with van der Waals surface area (Å²) in [6.07, 6.45) is 1.54. The zero-order valence-electron chi connectivity index (χ0n) is 30.7. The highest BCUT2D eigenvalue weighted by Crippen LogP contribution is 2.46. The van der Waals surface area contributed by atoms with Gasteiger partial charge in [0.15, 0.2) is 6.10 Å². The first-order valence-corrected chi connectivity index (χ1v) is 17.4. The van der Waals surface area contributed by atoms with E-state index in [1.807, 2.05) is 40.7 Å². The molecule has 0 spiro atoms. The minimum absolute atomic E-state index is 0.0721. The van der Waals surface area contributed by atoms with E-state index in [4.69, 9.17) is 9.72 Å². The summed E-state index contributed by atoms with van der Waals surface area (Å²) in [6, 6.07) is 11.5. The Morgan fingerprint density at radius 1 is 1.06 bits per heavy atom. The molecule has 2 aromatic carbocycles. The van der Waals surface area contributed by atoms with Crippen molar-refractivity contribution in [2.75, 3.05) is 31.6 Å². The van der Waals surface area contributed by atoms with Crippen LogP contribution in [-0.2, 0) is 40.4 Å². The van der Waals surface area contributed by atoms with Crippen molar-refractivity contribution in [2.45, 2.75) is 106 Å². The smallest absolute Gasteiger partial charge is 0.337 e. The van der Waals surface area contributed by atoms with E-state index in [2.05, 4.69) is 41.8 Å². The molecule has 0 aliphatic carbocycles. The molecule has 1 N–H and O–H groups in total. The maximum Gasteiger partial charge on any atom is 0.337 e. The van der Waals surface area contributed by atoms with Crippen molar-refractivity contribution in [3.8, 4) is 11.1 Å². The number of carbonyl (C=O) groups is 2. The molecule has 3 heterocycles. The van der Waals surface area contributed by atoms with E-state index in [-0.39, 0.29) is 23.7 Å². The number of aliphatic carboxylic acids is 1. The van der Waals surface area contributed by atoms with E-state index in [9.17, 15) is 19.1 Å². The third kappa shape index (κ3) is 8.50. The highest BCUT2D eigenvalue weighted by molar-refractivity contribution is 5.88. The van der Waals surface area contributed by atoms with Crippen LogP contribution in [0.2, 0.25) is 0 Å². The molecule has 0 saturated carbocycles. The first-order chi connectivity index (χ1) is 22.9. The molecule has 1 saturated heterocycles. The van der Waals surface area contributed by atoms with E-state index in [1.165, 1.54) is 17.2 Å². The number of carboxylic acid groups (broad SMARTS) is 1. The number of carboxylic acids is 1. The summed E-state index contributed by atoms with van der Waals surface area (Å²) < 4.78 is 20.0. The van der Waals surface area contributed by atoms with Crippen LogP contribution in [0.5, 0.6) is 0 Å². The fourth-order valence-electron chi connectivity index (χ4n) is 7.06. The lowest BCUT2D eigenvalue weighted by Gasteiger charge is -2.41. The van der Waals surface area contributed by atoms with Gasteiger partial charge in [-0.1, -0.05) is 38.1 Å². The summed E-state index contributed by atoms with van der Waals surface area (Å²) in [6.45, 7) is 19.7. The number of pyridine rings is 1. The highest BCUT2D eigenvalue weighted by atomic mass is 19.1. The van der Waals surface area contributed by atoms with Gasteiger partial charge in [-0.25, -0.2) is 9.18 Å². The summed E-state index contributed by atoms with van der Waals surface area (Å²) in [5.74, 6) is -1.34. The van der Waals surface area contributed by atoms with E-state index < -0.39 is 17.7 Å². The molecule has 1 unspecified atom stereocenters. The van der Waals surface area contributed by atoms with Crippen LogP contribution in [0, 0.1) is 25.1 Å². The van der Waals surface area contributed by atoms with Gasteiger partial charge in [-0.15, -0.1) is 0 Å². The van der Waals surface area contributed by atoms with Crippen LogP contribution < -0.4 is 4.90 Å². The molecular formula is C40H53FN4O4. The standard InChI is InChI=1S/C40H53FN4O4/c1-25-20-32(41)13-12-30(25)22-44-17-14-28-21-29(10-11-31(28)23-44)35-33(24-43(9)27(3)46)42-26(2)34(37(38(47)48)49-39(4,5)6)36(35)45-18-15-40(7,8)16-19-45/h10-13,20-21,37H,14-19,22-24H2,1-9H3,(H,47,48). The number of hydrogen-bond acceptors (Lipinski definition) is 6. The summed E-state index contributed by atoms with van der Waals surface area (Å²) in [4.78, 5) is 37.0. The van der Waals surface area contributed by atoms with Gasteiger partial charge in [0.1, 0.15) is 5.82 Å². The zero-order chi connectivity index (χ0) is 35.8. The quantitative estimate of drug-likeness (QED) is 0.251. The van der Waals surface area contributed by atoms with Gasteiger partial charge in [0.2, 0.25) is 5.91 Å². The van der Waals surface area contributed by atoms with Crippen molar-refractivity contribution in [1.29, 1.82) is 0 Å². The molecule has 1 aromatic heterocycles. The molecule has 49 heavy (non-hydrogen) atoms. The van der Waals surface area contributed by atoms with Crippen molar-refractivity contribution >= 4 is 17.6 Å². The number of benzene rings is 2. The summed E-state index contributed by atoms with van der Waals surface area (Å²) >= 11 is 0. The number of ether oxygens (including phenoxy) is 1. The minimum Gasteiger partial charge on any atom is -0.479 e. The van der Waals surface area contributed by atoms with Gasteiger partial charge in [-0.2, -0.15) is 0 Å². The first-order valence-electron chi connectivity index (χ1n) is 17.4. The van der Waals surface area contributed by atoms with Crippen molar-refractivity contribution in [2.24, 2.45) is 5.41 Å². The second-order valence-electron chi connectivity index (χ2n) is 15.8. The number of halogens is 1. The number of hydrogen-bond donors (Lipinski definition) is 1. The Kier molecular flexibility index (Phi) is 10.6. The number of carbonyl (C=O) groups excluding carboxylic acids is 1. The largest absolute Gasteiger partial charge is 0.479 e. The molecule has 264 valence electrons. The Morgan fingerprint density at radius 3 is 2.37 bits per heavy atom. The molecule has 9 heteroatoms. The third-order valence-electron chi connectivity index (χ3n) is 10.1. The fraction of sp³-hybridized carbons (Fsp3) is 0.525. The lowest BCUT2D eigenvalue weighted by molar-refractivity contribution is -0.160. The number of fused-ring (bicyclic) bond motifs is 1. The second-order valence-corrected chi connectivity index (χ2v) is 15.8. The molecule has 5 rings (SSSR count). The van der Waals surface area contributed by atoms with Gasteiger partial charge < -0.3 is 19.6 Å². The Bertz CT molecular complexity index is 1720. The Labute approximate surface area is 291 Å². The minimum atomic E-state index is -1.23. The maximum atomic E-state index is 13.7. The van der Waals surface area contributed by atoms with Crippen LogP contribution in [-0.4, -0.2) is 64.0 Å². The number of rotatable bonds is 9. The van der Waals surface area contributed by atoms with E-state index in [0.717, 1.165) is 85.6 Å². The molecule has 2 aliphatic rings. The van der Waals surface area contributed by atoms with Crippen molar-refractivity contribution in [1.82, 2.24) is 14.8 Å². The molecule has 1 fully saturated rings. The SMILES string of the molecule is CC(=O)N(C)Cc1nc(C)c(C(OC(C)(C)C)C(=O)O)c(N2CCC(C)(C)CC2)c1-c1ccc2c(c1)CCN(Cc1ccc(F)cc1C)C2. The average Bonchev–Trinajstić information content (AvgIpc) is 3.00. The lowest BCUT2D eigenvalue weighted by atomic mass is 9.81. The normalized spacial score (nSPS) is 17.1. The summed E-state index contributed by atoms with van der Waals surface area (Å²) in [5, 5.41) is 10.6. The lowest BCUT2D eigenvalue weighted by Crippen LogP contribution is -2.39. The van der Waals surface area contributed by atoms with Crippen LogP contribution in [0.4, 0.5) is 10.1 Å². The van der Waals surface area contributed by atoms with Gasteiger partial charge in [-0.3, -0.25) is 14.7 Å². The molecule has 0 bridgehead atoms. The van der Waals surface area contributed by atoms with Crippen molar-refractivity contribution in [3.05, 3.63) is 81.4 Å². The fourth-order valence-corrected chi connectivity index (χ4v) is 7.06. The first kappa shape index (κ1) is 36.5. The van der Waals surface area contributed by atoms with Crippen LogP contribution in [0.25, 0.3) is 11.1 Å². The highest BCUT2D eigenvalue weighted by Gasteiger charge is 2.37. The summed E-state index contributed by atoms with van der Waals surface area (Å²) in [5.41, 5.74) is 8.59. The Balaban J connectivity index is 1.65. The molecule has 1 atom stereocenters. The predicted octanol–water partition coefficient (Wildman–Crippen LogP) is 7.61. The van der Waals surface area contributed by atoms with Crippen molar-refractivity contribution < 1.29 is 23.8 Å². The number of nitrogens with zero attached hydrogens (tertiary/aromatic N) is 4. The van der Waals surface area contributed by atoms with Gasteiger partial charge in [0.05, 0.1) is 23.5 Å². The molecule has 0 radical (unpaired) electrons. The number of aryl methyl sites for hydroxylation is 2. The maximum absolute atomic E-state index is 13.7. The van der Waals surface area contributed by atoms with Gasteiger partial charge in [0, 0.05) is 63.5 Å². The zero-order valence-corrected chi connectivity index (χ0v) is 30.7. The monoisotopic (exact) mass is 672 g/mol. The molecule has 8 nitrogen and oxygen atoms in total. The van der Waals surface area contributed by atoms with Gasteiger partial charge in [0.25, 0.3) is 0 Å². The molecule has 1 amide bonds. The van der Waals surface area contributed by atoms with Crippen LogP contribution in [0.3, 0.4) is 0 Å². The van der Waals surface area contributed by atoms with Crippen LogP contribution in [0.1, 0.15) is 99.7 Å². The van der Waals surface area contributed by atoms with Crippen LogP contribution in [0.15, 0.2) is 36.4 Å². The van der Waals surface area contributed by atoms with Gasteiger partial charge >= 0.3 is 5.97 Å². The average molecular weight is 673 g/mol. The van der Waals surface area contributed by atoms with E-state index in [0.29, 0.717) is 11.3 Å². The topological polar surface area (TPSA) is 86.2 Å². The number of piperidine rings is 1. The Hall–Kier alpha value is -3.82. The molecule has 2 aliphatic heterocycles. The molecule has 3 aromatic rings.